The smallest absolute Gasteiger partial charge is 0.134 e. The lowest BCUT2D eigenvalue weighted by atomic mass is 10.1. The molecule has 2 N–H and O–H groups in total. The summed E-state index contributed by atoms with van der Waals surface area (Å²) in [6.07, 6.45) is 7.47. The molecule has 1 fully saturated rings. The van der Waals surface area contributed by atoms with Gasteiger partial charge in [0.15, 0.2) is 0 Å². The van der Waals surface area contributed by atoms with Gasteiger partial charge < -0.3 is 10.6 Å². The van der Waals surface area contributed by atoms with E-state index in [0.717, 1.165) is 45.4 Å². The topological polar surface area (TPSA) is 41.1 Å². The molecule has 15 heavy (non-hydrogen) atoms. The molecule has 0 bridgehead atoms. The Bertz CT molecular complexity index is 155. The lowest BCUT2D eigenvalue weighted by Gasteiger charge is -2.08. The molecule has 0 spiro atoms. The standard InChI is InChI=1S/C12H24N2O/c15-12-6-3-1-2-4-8-13-9-5-10-14-11-7-12/h13-14H,1-11H2. The molecule has 88 valence electrons. The highest BCUT2D eigenvalue weighted by Crippen LogP contribution is 2.04. The van der Waals surface area contributed by atoms with Crippen LogP contribution in [0, 0.1) is 0 Å². The molecule has 3 nitrogen and oxygen atoms in total. The molecule has 3 heteroatoms. The Morgan fingerprint density at radius 3 is 2.20 bits per heavy atom. The Morgan fingerprint density at radius 1 is 0.667 bits per heavy atom. The minimum absolute atomic E-state index is 0.428. The predicted molar refractivity (Wildman–Crippen MR) is 63.1 cm³/mol. The van der Waals surface area contributed by atoms with Crippen LogP contribution in [-0.4, -0.2) is 32.0 Å². The van der Waals surface area contributed by atoms with Crippen LogP contribution in [0.25, 0.3) is 0 Å². The van der Waals surface area contributed by atoms with E-state index in [1.807, 2.05) is 0 Å². The van der Waals surface area contributed by atoms with Gasteiger partial charge in [-0.25, -0.2) is 0 Å². The molecule has 0 aromatic rings. The van der Waals surface area contributed by atoms with Crippen LogP contribution in [0.3, 0.4) is 0 Å². The van der Waals surface area contributed by atoms with Crippen molar-refractivity contribution in [2.45, 2.75) is 44.9 Å². The van der Waals surface area contributed by atoms with Crippen LogP contribution >= 0.6 is 0 Å². The average molecular weight is 212 g/mol. The predicted octanol–water partition coefficient (Wildman–Crippen LogP) is 1.48. The summed E-state index contributed by atoms with van der Waals surface area (Å²) in [5.41, 5.74) is 0. The van der Waals surface area contributed by atoms with Gasteiger partial charge in [-0.1, -0.05) is 12.8 Å². The molecule has 1 saturated heterocycles. The molecule has 0 radical (unpaired) electrons. The summed E-state index contributed by atoms with van der Waals surface area (Å²) in [5.74, 6) is 0.428. The number of carbonyl (C=O) groups excluding carboxylic acids is 1. The maximum atomic E-state index is 11.4. The molecule has 0 atom stereocenters. The zero-order valence-electron chi connectivity index (χ0n) is 9.69. The Labute approximate surface area is 93.0 Å². The fourth-order valence-electron chi connectivity index (χ4n) is 1.87. The van der Waals surface area contributed by atoms with E-state index in [1.54, 1.807) is 0 Å². The van der Waals surface area contributed by atoms with Crippen LogP contribution in [0.1, 0.15) is 44.9 Å². The summed E-state index contributed by atoms with van der Waals surface area (Å²) in [6.45, 7) is 4.12. The van der Waals surface area contributed by atoms with Gasteiger partial charge in [-0.2, -0.15) is 0 Å². The van der Waals surface area contributed by atoms with Crippen molar-refractivity contribution in [3.63, 3.8) is 0 Å². The quantitative estimate of drug-likeness (QED) is 0.639. The second-order valence-corrected chi connectivity index (χ2v) is 4.31. The van der Waals surface area contributed by atoms with E-state index in [1.165, 1.54) is 19.3 Å². The lowest BCUT2D eigenvalue weighted by Crippen LogP contribution is -2.24. The largest absolute Gasteiger partial charge is 0.317 e. The second kappa shape index (κ2) is 8.86. The lowest BCUT2D eigenvalue weighted by molar-refractivity contribution is -0.119. The monoisotopic (exact) mass is 212 g/mol. The van der Waals surface area contributed by atoms with E-state index in [-0.39, 0.29) is 0 Å². The SMILES string of the molecule is O=C1CCCCCCNCCCNCC1. The molecular formula is C12H24N2O. The van der Waals surface area contributed by atoms with Crippen molar-refractivity contribution in [2.75, 3.05) is 26.2 Å². The first-order chi connectivity index (χ1) is 7.39. The van der Waals surface area contributed by atoms with Crippen molar-refractivity contribution < 1.29 is 4.79 Å². The minimum Gasteiger partial charge on any atom is -0.317 e. The van der Waals surface area contributed by atoms with E-state index in [2.05, 4.69) is 10.6 Å². The zero-order valence-corrected chi connectivity index (χ0v) is 9.69. The number of carbonyl (C=O) groups is 1. The fourth-order valence-corrected chi connectivity index (χ4v) is 1.87. The van der Waals surface area contributed by atoms with Crippen molar-refractivity contribution in [1.82, 2.24) is 10.6 Å². The number of hydrogen-bond acceptors (Lipinski definition) is 3. The van der Waals surface area contributed by atoms with E-state index in [0.29, 0.717) is 12.2 Å². The first kappa shape index (κ1) is 12.7. The third-order valence-corrected chi connectivity index (χ3v) is 2.85. The Morgan fingerprint density at radius 2 is 1.33 bits per heavy atom. The Balaban J connectivity index is 2.13. The van der Waals surface area contributed by atoms with Crippen molar-refractivity contribution in [3.05, 3.63) is 0 Å². The van der Waals surface area contributed by atoms with E-state index < -0.39 is 0 Å². The van der Waals surface area contributed by atoms with Crippen molar-refractivity contribution in [3.8, 4) is 0 Å². The Kier molecular flexibility index (Phi) is 7.48. The highest BCUT2D eigenvalue weighted by atomic mass is 16.1. The maximum Gasteiger partial charge on any atom is 0.134 e. The third-order valence-electron chi connectivity index (χ3n) is 2.85. The molecule has 0 unspecified atom stereocenters. The van der Waals surface area contributed by atoms with Crippen LogP contribution in [0.15, 0.2) is 0 Å². The van der Waals surface area contributed by atoms with Gasteiger partial charge in [-0.3, -0.25) is 4.79 Å². The summed E-state index contributed by atoms with van der Waals surface area (Å²) >= 11 is 0. The summed E-state index contributed by atoms with van der Waals surface area (Å²) in [4.78, 5) is 11.4. The zero-order chi connectivity index (χ0) is 10.8. The van der Waals surface area contributed by atoms with E-state index in [9.17, 15) is 4.79 Å². The number of nitrogens with one attached hydrogen (secondary N) is 2. The van der Waals surface area contributed by atoms with Gasteiger partial charge in [0.2, 0.25) is 0 Å². The average Bonchev–Trinajstić information content (AvgIpc) is 2.24. The fraction of sp³-hybridized carbons (Fsp3) is 0.917. The van der Waals surface area contributed by atoms with Crippen LogP contribution in [0.2, 0.25) is 0 Å². The van der Waals surface area contributed by atoms with Crippen molar-refractivity contribution >= 4 is 5.78 Å². The maximum absolute atomic E-state index is 11.4. The van der Waals surface area contributed by atoms with Gasteiger partial charge >= 0.3 is 0 Å². The van der Waals surface area contributed by atoms with Crippen LogP contribution in [0.5, 0.6) is 0 Å². The van der Waals surface area contributed by atoms with E-state index >= 15 is 0 Å². The molecule has 0 amide bonds. The van der Waals surface area contributed by atoms with Crippen molar-refractivity contribution in [1.29, 1.82) is 0 Å². The summed E-state index contributed by atoms with van der Waals surface area (Å²) < 4.78 is 0. The number of Topliss-reactive ketones (excluding diaryl/α,β-unsaturated/α-hetero) is 1. The van der Waals surface area contributed by atoms with Gasteiger partial charge in [-0.15, -0.1) is 0 Å². The molecule has 0 aromatic carbocycles. The highest BCUT2D eigenvalue weighted by Gasteiger charge is 2.01. The molecule has 1 heterocycles. The van der Waals surface area contributed by atoms with Gasteiger partial charge in [-0.05, 0) is 38.9 Å². The summed E-state index contributed by atoms with van der Waals surface area (Å²) in [6, 6.07) is 0. The molecule has 1 rings (SSSR count). The third kappa shape index (κ3) is 7.51. The van der Waals surface area contributed by atoms with Gasteiger partial charge in [0, 0.05) is 19.4 Å². The number of ketones is 1. The Hall–Kier alpha value is -0.410. The minimum atomic E-state index is 0.428. The highest BCUT2D eigenvalue weighted by molar-refractivity contribution is 5.78. The first-order valence-electron chi connectivity index (χ1n) is 6.33. The van der Waals surface area contributed by atoms with Crippen molar-refractivity contribution in [2.24, 2.45) is 0 Å². The molecule has 1 aliphatic heterocycles. The molecule has 0 aromatic heterocycles. The van der Waals surface area contributed by atoms with Crippen LogP contribution in [0.4, 0.5) is 0 Å². The van der Waals surface area contributed by atoms with Crippen LogP contribution < -0.4 is 10.6 Å². The summed E-state index contributed by atoms with van der Waals surface area (Å²) in [7, 11) is 0. The first-order valence-corrected chi connectivity index (χ1v) is 6.33. The number of rotatable bonds is 0. The van der Waals surface area contributed by atoms with Gasteiger partial charge in [0.1, 0.15) is 5.78 Å². The van der Waals surface area contributed by atoms with Crippen LogP contribution in [-0.2, 0) is 4.79 Å². The molecule has 1 aliphatic rings. The van der Waals surface area contributed by atoms with Gasteiger partial charge in [0.25, 0.3) is 0 Å². The summed E-state index contributed by atoms with van der Waals surface area (Å²) in [5, 5.41) is 6.75. The molecular weight excluding hydrogens is 188 g/mol. The second-order valence-electron chi connectivity index (χ2n) is 4.31. The van der Waals surface area contributed by atoms with E-state index in [4.69, 9.17) is 0 Å². The molecule has 0 saturated carbocycles. The number of hydrogen-bond donors (Lipinski definition) is 2. The van der Waals surface area contributed by atoms with Gasteiger partial charge in [0.05, 0.1) is 0 Å². The normalized spacial score (nSPS) is 23.3. The molecule has 0 aliphatic carbocycles.